The molecule has 0 aromatic carbocycles. The van der Waals surface area contributed by atoms with E-state index in [1.807, 2.05) is 19.2 Å². The van der Waals surface area contributed by atoms with Crippen LogP contribution in [0.25, 0.3) is 0 Å². The fourth-order valence-electron chi connectivity index (χ4n) is 2.19. The number of pyridine rings is 1. The van der Waals surface area contributed by atoms with E-state index in [2.05, 4.69) is 29.8 Å². The van der Waals surface area contributed by atoms with Gasteiger partial charge in [-0.25, -0.2) is 0 Å². The van der Waals surface area contributed by atoms with E-state index in [9.17, 15) is 0 Å². The second-order valence-corrected chi connectivity index (χ2v) is 5.09. The van der Waals surface area contributed by atoms with Gasteiger partial charge in [0.1, 0.15) is 0 Å². The molecule has 1 aromatic heterocycles. The molecule has 1 fully saturated rings. The Kier molecular flexibility index (Phi) is 3.15. The summed E-state index contributed by atoms with van der Waals surface area (Å²) in [7, 11) is 0. The third-order valence-corrected chi connectivity index (χ3v) is 3.59. The summed E-state index contributed by atoms with van der Waals surface area (Å²) in [5, 5.41) is 0. The molecule has 88 valence electrons. The van der Waals surface area contributed by atoms with Crippen molar-refractivity contribution >= 4 is 5.69 Å². The molecule has 1 aliphatic rings. The van der Waals surface area contributed by atoms with Crippen LogP contribution in [-0.2, 0) is 0 Å². The SMILES string of the molecule is CC1CN(c2ccc([C@H](C)N)nc2)CC1C. The Balaban J connectivity index is 2.11. The lowest BCUT2D eigenvalue weighted by Gasteiger charge is -2.18. The number of rotatable bonds is 2. The molecule has 0 saturated carbocycles. The second kappa shape index (κ2) is 4.42. The molecule has 0 aliphatic carbocycles. The van der Waals surface area contributed by atoms with Gasteiger partial charge < -0.3 is 10.6 Å². The molecule has 0 amide bonds. The summed E-state index contributed by atoms with van der Waals surface area (Å²) in [6.07, 6.45) is 1.95. The van der Waals surface area contributed by atoms with Crippen molar-refractivity contribution in [3.63, 3.8) is 0 Å². The lowest BCUT2D eigenvalue weighted by Crippen LogP contribution is -2.20. The van der Waals surface area contributed by atoms with Crippen LogP contribution < -0.4 is 10.6 Å². The van der Waals surface area contributed by atoms with E-state index >= 15 is 0 Å². The first-order chi connectivity index (χ1) is 7.58. The van der Waals surface area contributed by atoms with Gasteiger partial charge in [0.15, 0.2) is 0 Å². The van der Waals surface area contributed by atoms with Crippen molar-refractivity contribution in [1.29, 1.82) is 0 Å². The molecule has 2 unspecified atom stereocenters. The van der Waals surface area contributed by atoms with Crippen LogP contribution in [0, 0.1) is 11.8 Å². The molecule has 3 heteroatoms. The van der Waals surface area contributed by atoms with Crippen molar-refractivity contribution in [2.75, 3.05) is 18.0 Å². The Hall–Kier alpha value is -1.09. The van der Waals surface area contributed by atoms with Gasteiger partial charge in [-0.2, -0.15) is 0 Å². The Labute approximate surface area is 97.7 Å². The summed E-state index contributed by atoms with van der Waals surface area (Å²) < 4.78 is 0. The average molecular weight is 219 g/mol. The molecule has 0 radical (unpaired) electrons. The minimum atomic E-state index is 0.0190. The highest BCUT2D eigenvalue weighted by Crippen LogP contribution is 2.27. The second-order valence-electron chi connectivity index (χ2n) is 5.09. The molecule has 1 aliphatic heterocycles. The van der Waals surface area contributed by atoms with Crippen LogP contribution >= 0.6 is 0 Å². The summed E-state index contributed by atoms with van der Waals surface area (Å²) in [5.74, 6) is 1.54. The van der Waals surface area contributed by atoms with Crippen LogP contribution in [0.1, 0.15) is 32.5 Å². The molecule has 2 rings (SSSR count). The predicted octanol–water partition coefficient (Wildman–Crippen LogP) is 2.19. The van der Waals surface area contributed by atoms with Crippen molar-refractivity contribution in [2.24, 2.45) is 17.6 Å². The fraction of sp³-hybridized carbons (Fsp3) is 0.615. The summed E-state index contributed by atoms with van der Waals surface area (Å²) in [6.45, 7) is 8.87. The predicted molar refractivity (Wildman–Crippen MR) is 67.4 cm³/mol. The quantitative estimate of drug-likeness (QED) is 0.829. The topological polar surface area (TPSA) is 42.1 Å². The van der Waals surface area contributed by atoms with E-state index in [1.165, 1.54) is 5.69 Å². The molecular weight excluding hydrogens is 198 g/mol. The van der Waals surface area contributed by atoms with Gasteiger partial charge in [-0.05, 0) is 30.9 Å². The molecular formula is C13H21N3. The molecule has 2 N–H and O–H groups in total. The minimum Gasteiger partial charge on any atom is -0.370 e. The zero-order valence-corrected chi connectivity index (χ0v) is 10.4. The van der Waals surface area contributed by atoms with Crippen molar-refractivity contribution < 1.29 is 0 Å². The van der Waals surface area contributed by atoms with Crippen molar-refractivity contribution in [2.45, 2.75) is 26.8 Å². The van der Waals surface area contributed by atoms with Gasteiger partial charge in [0, 0.05) is 19.1 Å². The maximum Gasteiger partial charge on any atom is 0.0569 e. The van der Waals surface area contributed by atoms with Gasteiger partial charge in [-0.15, -0.1) is 0 Å². The average Bonchev–Trinajstić information content (AvgIpc) is 2.59. The zero-order valence-electron chi connectivity index (χ0n) is 10.4. The van der Waals surface area contributed by atoms with E-state index in [0.717, 1.165) is 30.6 Å². The lowest BCUT2D eigenvalue weighted by atomic mass is 10.0. The van der Waals surface area contributed by atoms with Gasteiger partial charge in [-0.1, -0.05) is 13.8 Å². The third-order valence-electron chi connectivity index (χ3n) is 3.59. The lowest BCUT2D eigenvalue weighted by molar-refractivity contribution is 0.494. The molecule has 0 bridgehead atoms. The van der Waals surface area contributed by atoms with Crippen molar-refractivity contribution in [3.05, 3.63) is 24.0 Å². The fourth-order valence-corrected chi connectivity index (χ4v) is 2.19. The maximum absolute atomic E-state index is 5.79. The normalized spacial score (nSPS) is 27.1. The van der Waals surface area contributed by atoms with Crippen LogP contribution in [0.2, 0.25) is 0 Å². The van der Waals surface area contributed by atoms with E-state index in [-0.39, 0.29) is 6.04 Å². The van der Waals surface area contributed by atoms with E-state index < -0.39 is 0 Å². The highest BCUT2D eigenvalue weighted by atomic mass is 15.2. The highest BCUT2D eigenvalue weighted by molar-refractivity contribution is 5.46. The first-order valence-corrected chi connectivity index (χ1v) is 6.04. The first-order valence-electron chi connectivity index (χ1n) is 6.04. The Morgan fingerprint density at radius 2 is 1.94 bits per heavy atom. The molecule has 0 spiro atoms. The van der Waals surface area contributed by atoms with Gasteiger partial charge in [-0.3, -0.25) is 4.98 Å². The van der Waals surface area contributed by atoms with Crippen molar-refractivity contribution in [3.8, 4) is 0 Å². The Morgan fingerprint density at radius 1 is 1.31 bits per heavy atom. The van der Waals surface area contributed by atoms with Crippen molar-refractivity contribution in [1.82, 2.24) is 4.98 Å². The third kappa shape index (κ3) is 2.19. The summed E-state index contributed by atoms with van der Waals surface area (Å²) in [5.41, 5.74) is 7.97. The molecule has 16 heavy (non-hydrogen) atoms. The molecule has 3 atom stereocenters. The van der Waals surface area contributed by atoms with Gasteiger partial charge in [0.05, 0.1) is 17.6 Å². The number of aromatic nitrogens is 1. The monoisotopic (exact) mass is 219 g/mol. The summed E-state index contributed by atoms with van der Waals surface area (Å²) >= 11 is 0. The number of hydrogen-bond donors (Lipinski definition) is 1. The van der Waals surface area contributed by atoms with Crippen LogP contribution in [0.5, 0.6) is 0 Å². The summed E-state index contributed by atoms with van der Waals surface area (Å²) in [6, 6.07) is 4.19. The summed E-state index contributed by atoms with van der Waals surface area (Å²) in [4.78, 5) is 6.82. The van der Waals surface area contributed by atoms with E-state index in [1.54, 1.807) is 0 Å². The van der Waals surface area contributed by atoms with Crippen LogP contribution in [0.3, 0.4) is 0 Å². The Bertz CT molecular complexity index is 335. The molecule has 1 saturated heterocycles. The zero-order chi connectivity index (χ0) is 11.7. The number of nitrogens with zero attached hydrogens (tertiary/aromatic N) is 2. The van der Waals surface area contributed by atoms with Crippen LogP contribution in [0.4, 0.5) is 5.69 Å². The smallest absolute Gasteiger partial charge is 0.0569 e. The number of nitrogens with two attached hydrogens (primary N) is 1. The van der Waals surface area contributed by atoms with Crippen LogP contribution in [-0.4, -0.2) is 18.1 Å². The van der Waals surface area contributed by atoms with Crippen LogP contribution in [0.15, 0.2) is 18.3 Å². The largest absolute Gasteiger partial charge is 0.370 e. The van der Waals surface area contributed by atoms with E-state index in [4.69, 9.17) is 5.73 Å². The number of anilines is 1. The minimum absolute atomic E-state index is 0.0190. The van der Waals surface area contributed by atoms with E-state index in [0.29, 0.717) is 0 Å². The van der Waals surface area contributed by atoms with Gasteiger partial charge >= 0.3 is 0 Å². The molecule has 2 heterocycles. The van der Waals surface area contributed by atoms with Gasteiger partial charge in [0.25, 0.3) is 0 Å². The maximum atomic E-state index is 5.79. The Morgan fingerprint density at radius 3 is 2.38 bits per heavy atom. The highest BCUT2D eigenvalue weighted by Gasteiger charge is 2.26. The molecule has 3 nitrogen and oxygen atoms in total. The number of hydrogen-bond acceptors (Lipinski definition) is 3. The molecule has 1 aromatic rings. The first kappa shape index (κ1) is 11.4. The standard InChI is InChI=1S/C13H21N3/c1-9-7-16(8-10(9)2)12-4-5-13(11(3)14)15-6-12/h4-6,9-11H,7-8,14H2,1-3H3/t9?,10?,11-/m0/s1. The van der Waals surface area contributed by atoms with Gasteiger partial charge in [0.2, 0.25) is 0 Å².